The van der Waals surface area contributed by atoms with E-state index in [9.17, 15) is 0 Å². The number of hydrogen-bond acceptors (Lipinski definition) is 2. The molecule has 2 atom stereocenters. The molecule has 0 amide bonds. The second-order valence-electron chi connectivity index (χ2n) is 6.04. The molecule has 2 unspecified atom stereocenters. The molecule has 1 N–H and O–H groups in total. The highest BCUT2D eigenvalue weighted by atomic mass is 15.2. The lowest BCUT2D eigenvalue weighted by Crippen LogP contribution is -2.56. The molecule has 0 aromatic heterocycles. The Hall–Kier alpha value is -0.0800. The molecule has 17 heavy (non-hydrogen) atoms. The smallest absolute Gasteiger partial charge is 0.0325 e. The van der Waals surface area contributed by atoms with Gasteiger partial charge in [-0.1, -0.05) is 40.5 Å². The van der Waals surface area contributed by atoms with E-state index in [4.69, 9.17) is 0 Å². The molecule has 0 fully saturated rings. The van der Waals surface area contributed by atoms with Crippen LogP contribution in [-0.4, -0.2) is 37.1 Å². The van der Waals surface area contributed by atoms with Crippen LogP contribution in [0.3, 0.4) is 0 Å². The average molecular weight is 242 g/mol. The first-order valence-corrected chi connectivity index (χ1v) is 7.29. The van der Waals surface area contributed by atoms with Gasteiger partial charge in [-0.3, -0.25) is 0 Å². The molecule has 0 bridgehead atoms. The molecule has 0 aliphatic rings. The summed E-state index contributed by atoms with van der Waals surface area (Å²) in [5.74, 6) is 0.824. The van der Waals surface area contributed by atoms with Crippen LogP contribution in [0.2, 0.25) is 0 Å². The summed E-state index contributed by atoms with van der Waals surface area (Å²) in [6, 6.07) is 0.603. The van der Waals surface area contributed by atoms with E-state index in [1.807, 2.05) is 0 Å². The molecular formula is C15H34N2. The third kappa shape index (κ3) is 5.39. The molecule has 2 nitrogen and oxygen atoms in total. The predicted octanol–water partition coefficient (Wildman–Crippen LogP) is 3.52. The van der Waals surface area contributed by atoms with Crippen molar-refractivity contribution in [3.63, 3.8) is 0 Å². The van der Waals surface area contributed by atoms with Crippen molar-refractivity contribution in [3.8, 4) is 0 Å². The van der Waals surface area contributed by atoms with Crippen LogP contribution in [0.1, 0.15) is 60.3 Å². The van der Waals surface area contributed by atoms with Crippen LogP contribution < -0.4 is 5.32 Å². The zero-order valence-corrected chi connectivity index (χ0v) is 13.1. The number of nitrogens with one attached hydrogen (secondary N) is 1. The van der Waals surface area contributed by atoms with Crippen LogP contribution in [0.4, 0.5) is 0 Å². The van der Waals surface area contributed by atoms with Gasteiger partial charge in [0.15, 0.2) is 0 Å². The molecule has 0 aliphatic carbocycles. The zero-order chi connectivity index (χ0) is 13.5. The van der Waals surface area contributed by atoms with Crippen LogP contribution in [0.5, 0.6) is 0 Å². The van der Waals surface area contributed by atoms with Crippen LogP contribution in [0.15, 0.2) is 0 Å². The SMILES string of the molecule is CCNC(CCCC(C)C)C(C)(CC)N(C)C. The fourth-order valence-corrected chi connectivity index (χ4v) is 2.48. The minimum atomic E-state index is 0.271. The van der Waals surface area contributed by atoms with E-state index < -0.39 is 0 Å². The van der Waals surface area contributed by atoms with Crippen molar-refractivity contribution < 1.29 is 0 Å². The fourth-order valence-electron chi connectivity index (χ4n) is 2.48. The largest absolute Gasteiger partial charge is 0.312 e. The average Bonchev–Trinajstić information content (AvgIpc) is 2.26. The summed E-state index contributed by atoms with van der Waals surface area (Å²) in [7, 11) is 4.41. The molecule has 0 heterocycles. The fraction of sp³-hybridized carbons (Fsp3) is 1.00. The molecule has 0 saturated heterocycles. The first-order chi connectivity index (χ1) is 7.88. The zero-order valence-electron chi connectivity index (χ0n) is 13.1. The normalized spacial score (nSPS) is 17.5. The molecule has 0 rings (SSSR count). The summed E-state index contributed by atoms with van der Waals surface area (Å²) in [6.45, 7) is 12.6. The molecule has 0 radical (unpaired) electrons. The maximum atomic E-state index is 3.69. The second kappa shape index (κ2) is 8.10. The van der Waals surface area contributed by atoms with E-state index >= 15 is 0 Å². The summed E-state index contributed by atoms with van der Waals surface area (Å²) < 4.78 is 0. The topological polar surface area (TPSA) is 15.3 Å². The van der Waals surface area contributed by atoms with E-state index in [2.05, 4.69) is 58.9 Å². The van der Waals surface area contributed by atoms with E-state index in [0.717, 1.165) is 12.5 Å². The maximum absolute atomic E-state index is 3.69. The van der Waals surface area contributed by atoms with E-state index in [1.54, 1.807) is 0 Å². The third-order valence-corrected chi connectivity index (χ3v) is 4.21. The minimum Gasteiger partial charge on any atom is -0.312 e. The van der Waals surface area contributed by atoms with Crippen molar-refractivity contribution in [2.45, 2.75) is 71.9 Å². The number of nitrogens with zero attached hydrogens (tertiary/aromatic N) is 1. The third-order valence-electron chi connectivity index (χ3n) is 4.21. The molecule has 0 aromatic carbocycles. The van der Waals surface area contributed by atoms with Gasteiger partial charge in [-0.05, 0) is 46.3 Å². The van der Waals surface area contributed by atoms with Crippen molar-refractivity contribution in [2.75, 3.05) is 20.6 Å². The Kier molecular flexibility index (Phi) is 8.06. The number of hydrogen-bond donors (Lipinski definition) is 1. The first kappa shape index (κ1) is 16.9. The van der Waals surface area contributed by atoms with Gasteiger partial charge in [0.25, 0.3) is 0 Å². The van der Waals surface area contributed by atoms with Gasteiger partial charge in [-0.25, -0.2) is 0 Å². The molecular weight excluding hydrogens is 208 g/mol. The van der Waals surface area contributed by atoms with E-state index in [-0.39, 0.29) is 5.54 Å². The molecule has 0 aromatic rings. The van der Waals surface area contributed by atoms with Gasteiger partial charge >= 0.3 is 0 Å². The summed E-state index contributed by atoms with van der Waals surface area (Å²) in [5, 5.41) is 3.69. The Balaban J connectivity index is 4.47. The lowest BCUT2D eigenvalue weighted by Gasteiger charge is -2.43. The van der Waals surface area contributed by atoms with Crippen molar-refractivity contribution >= 4 is 0 Å². The Morgan fingerprint density at radius 2 is 1.71 bits per heavy atom. The lowest BCUT2D eigenvalue weighted by molar-refractivity contribution is 0.107. The van der Waals surface area contributed by atoms with E-state index in [0.29, 0.717) is 6.04 Å². The van der Waals surface area contributed by atoms with Crippen molar-refractivity contribution in [1.29, 1.82) is 0 Å². The number of rotatable bonds is 9. The van der Waals surface area contributed by atoms with Crippen LogP contribution in [-0.2, 0) is 0 Å². The van der Waals surface area contributed by atoms with Gasteiger partial charge in [-0.2, -0.15) is 0 Å². The monoisotopic (exact) mass is 242 g/mol. The molecule has 0 spiro atoms. The van der Waals surface area contributed by atoms with Crippen LogP contribution in [0.25, 0.3) is 0 Å². The molecule has 0 saturated carbocycles. The quantitative estimate of drug-likeness (QED) is 0.665. The highest BCUT2D eigenvalue weighted by Crippen LogP contribution is 2.25. The van der Waals surface area contributed by atoms with Crippen molar-refractivity contribution in [3.05, 3.63) is 0 Å². The Bertz CT molecular complexity index is 189. The van der Waals surface area contributed by atoms with Crippen LogP contribution in [0, 0.1) is 5.92 Å². The second-order valence-corrected chi connectivity index (χ2v) is 6.04. The number of likely N-dealkylation sites (N-methyl/N-ethyl adjacent to an activating group) is 2. The Morgan fingerprint density at radius 1 is 1.12 bits per heavy atom. The summed E-state index contributed by atoms with van der Waals surface area (Å²) in [5.41, 5.74) is 0.271. The summed E-state index contributed by atoms with van der Waals surface area (Å²) >= 11 is 0. The molecule has 0 aliphatic heterocycles. The van der Waals surface area contributed by atoms with Gasteiger partial charge in [0.05, 0.1) is 0 Å². The van der Waals surface area contributed by atoms with Gasteiger partial charge in [0.1, 0.15) is 0 Å². The maximum Gasteiger partial charge on any atom is 0.0325 e. The highest BCUT2D eigenvalue weighted by molar-refractivity contribution is 4.93. The van der Waals surface area contributed by atoms with Crippen LogP contribution >= 0.6 is 0 Å². The van der Waals surface area contributed by atoms with Gasteiger partial charge in [-0.15, -0.1) is 0 Å². The Morgan fingerprint density at radius 3 is 2.06 bits per heavy atom. The molecule has 104 valence electrons. The summed E-state index contributed by atoms with van der Waals surface area (Å²) in [6.07, 6.45) is 5.15. The standard InChI is InChI=1S/C15H34N2/c1-8-15(5,17(6)7)14(16-9-2)12-10-11-13(3)4/h13-14,16H,8-12H2,1-7H3. The minimum absolute atomic E-state index is 0.271. The Labute approximate surface area is 109 Å². The molecule has 2 heteroatoms. The first-order valence-electron chi connectivity index (χ1n) is 7.29. The lowest BCUT2D eigenvalue weighted by atomic mass is 9.84. The summed E-state index contributed by atoms with van der Waals surface area (Å²) in [4.78, 5) is 2.38. The van der Waals surface area contributed by atoms with E-state index in [1.165, 1.54) is 25.7 Å². The van der Waals surface area contributed by atoms with Crippen molar-refractivity contribution in [1.82, 2.24) is 10.2 Å². The van der Waals surface area contributed by atoms with Gasteiger partial charge in [0.2, 0.25) is 0 Å². The van der Waals surface area contributed by atoms with Crippen molar-refractivity contribution in [2.24, 2.45) is 5.92 Å². The van der Waals surface area contributed by atoms with Gasteiger partial charge in [0, 0.05) is 11.6 Å². The highest BCUT2D eigenvalue weighted by Gasteiger charge is 2.33. The predicted molar refractivity (Wildman–Crippen MR) is 78.5 cm³/mol. The van der Waals surface area contributed by atoms with Gasteiger partial charge < -0.3 is 10.2 Å².